The van der Waals surface area contributed by atoms with Gasteiger partial charge in [0.05, 0.1) is 12.2 Å². The van der Waals surface area contributed by atoms with Crippen molar-refractivity contribution in [1.82, 2.24) is 0 Å². The largest absolute Gasteiger partial charge is 0.381 e. The summed E-state index contributed by atoms with van der Waals surface area (Å²) >= 11 is 0. The lowest BCUT2D eigenvalue weighted by Gasteiger charge is -2.39. The minimum atomic E-state index is 0.435. The molecule has 0 amide bonds. The number of rotatable bonds is 5. The van der Waals surface area contributed by atoms with Gasteiger partial charge in [-0.05, 0) is 49.4 Å². The molecule has 2 saturated carbocycles. The van der Waals surface area contributed by atoms with E-state index in [2.05, 4.69) is 20.8 Å². The van der Waals surface area contributed by atoms with Crippen molar-refractivity contribution in [1.29, 1.82) is 0 Å². The molecule has 0 radical (unpaired) electrons. The Morgan fingerprint density at radius 3 is 1.95 bits per heavy atom. The highest BCUT2D eigenvalue weighted by Gasteiger charge is 2.35. The van der Waals surface area contributed by atoms with Crippen molar-refractivity contribution in [2.75, 3.05) is 13.7 Å². The van der Waals surface area contributed by atoms with Gasteiger partial charge in [0.2, 0.25) is 0 Å². The van der Waals surface area contributed by atoms with E-state index in [1.807, 2.05) is 7.11 Å². The third kappa shape index (κ3) is 3.98. The van der Waals surface area contributed by atoms with Gasteiger partial charge in [-0.15, -0.1) is 0 Å². The van der Waals surface area contributed by atoms with Crippen molar-refractivity contribution >= 4 is 0 Å². The number of ether oxygens (including phenoxy) is 2. The first-order valence-corrected chi connectivity index (χ1v) is 8.80. The predicted molar refractivity (Wildman–Crippen MR) is 83.8 cm³/mol. The van der Waals surface area contributed by atoms with Crippen LogP contribution in [0.25, 0.3) is 0 Å². The number of hydrogen-bond acceptors (Lipinski definition) is 2. The van der Waals surface area contributed by atoms with Crippen LogP contribution in [0.4, 0.5) is 0 Å². The van der Waals surface area contributed by atoms with Crippen LogP contribution in [0.1, 0.15) is 65.7 Å². The van der Waals surface area contributed by atoms with Crippen LogP contribution in [0.2, 0.25) is 0 Å². The normalized spacial score (nSPS) is 42.6. The van der Waals surface area contributed by atoms with Gasteiger partial charge in [-0.1, -0.05) is 40.0 Å². The average Bonchev–Trinajstić information content (AvgIpc) is 2.49. The van der Waals surface area contributed by atoms with Crippen molar-refractivity contribution in [3.05, 3.63) is 0 Å². The van der Waals surface area contributed by atoms with E-state index in [9.17, 15) is 0 Å². The zero-order chi connectivity index (χ0) is 14.5. The van der Waals surface area contributed by atoms with E-state index in [-0.39, 0.29) is 0 Å². The topological polar surface area (TPSA) is 18.5 Å². The summed E-state index contributed by atoms with van der Waals surface area (Å²) in [5.74, 6) is 3.05. The van der Waals surface area contributed by atoms with Gasteiger partial charge in [-0.25, -0.2) is 0 Å². The second-order valence-electron chi connectivity index (χ2n) is 7.24. The van der Waals surface area contributed by atoms with E-state index in [4.69, 9.17) is 9.47 Å². The lowest BCUT2D eigenvalue weighted by Crippen LogP contribution is -2.40. The molecule has 0 N–H and O–H groups in total. The summed E-state index contributed by atoms with van der Waals surface area (Å²) in [7, 11) is 1.85. The second kappa shape index (κ2) is 7.79. The molecule has 0 spiro atoms. The molecule has 0 aromatic heterocycles. The molecule has 0 bridgehead atoms. The summed E-state index contributed by atoms with van der Waals surface area (Å²) in [5.41, 5.74) is 0. The standard InChI is InChI=1S/C18H34O2/c1-5-15-6-8-16(9-7-15)12-20-18-11-10-17(19-4)13(2)14(18)3/h13-18H,5-12H2,1-4H3. The van der Waals surface area contributed by atoms with Gasteiger partial charge in [-0.3, -0.25) is 0 Å². The lowest BCUT2D eigenvalue weighted by atomic mass is 9.77. The van der Waals surface area contributed by atoms with E-state index < -0.39 is 0 Å². The number of methoxy groups -OCH3 is 1. The first kappa shape index (κ1) is 16.3. The Morgan fingerprint density at radius 1 is 0.800 bits per heavy atom. The van der Waals surface area contributed by atoms with Crippen LogP contribution in [0.3, 0.4) is 0 Å². The Bertz CT molecular complexity index is 271. The molecule has 0 heterocycles. The lowest BCUT2D eigenvalue weighted by molar-refractivity contribution is -0.0889. The predicted octanol–water partition coefficient (Wildman–Crippen LogP) is 4.67. The van der Waals surface area contributed by atoms with Gasteiger partial charge < -0.3 is 9.47 Å². The minimum absolute atomic E-state index is 0.435. The van der Waals surface area contributed by atoms with Crippen molar-refractivity contribution in [3.63, 3.8) is 0 Å². The van der Waals surface area contributed by atoms with Crippen LogP contribution >= 0.6 is 0 Å². The van der Waals surface area contributed by atoms with Crippen LogP contribution in [0, 0.1) is 23.7 Å². The van der Waals surface area contributed by atoms with Crippen molar-refractivity contribution in [3.8, 4) is 0 Å². The van der Waals surface area contributed by atoms with E-state index in [1.165, 1.54) is 38.5 Å². The molecule has 2 aliphatic carbocycles. The van der Waals surface area contributed by atoms with Gasteiger partial charge in [0.1, 0.15) is 0 Å². The maximum Gasteiger partial charge on any atom is 0.0605 e. The fourth-order valence-corrected chi connectivity index (χ4v) is 4.17. The highest BCUT2D eigenvalue weighted by molar-refractivity contribution is 4.84. The molecule has 4 unspecified atom stereocenters. The minimum Gasteiger partial charge on any atom is -0.381 e. The van der Waals surface area contributed by atoms with Crippen LogP contribution in [0.15, 0.2) is 0 Å². The fraction of sp³-hybridized carbons (Fsp3) is 1.00. The van der Waals surface area contributed by atoms with E-state index in [1.54, 1.807) is 0 Å². The first-order chi connectivity index (χ1) is 9.65. The van der Waals surface area contributed by atoms with Gasteiger partial charge in [0.25, 0.3) is 0 Å². The molecule has 118 valence electrons. The highest BCUT2D eigenvalue weighted by Crippen LogP contribution is 2.35. The molecule has 0 aliphatic heterocycles. The molecule has 2 nitrogen and oxygen atoms in total. The maximum atomic E-state index is 6.31. The molecule has 2 aliphatic rings. The van der Waals surface area contributed by atoms with Gasteiger partial charge in [0, 0.05) is 13.7 Å². The van der Waals surface area contributed by atoms with Crippen molar-refractivity contribution in [2.45, 2.75) is 77.9 Å². The molecule has 2 heteroatoms. The molecule has 2 rings (SSSR count). The SMILES string of the molecule is CCC1CCC(COC2CCC(OC)C(C)C2C)CC1. The Labute approximate surface area is 125 Å². The van der Waals surface area contributed by atoms with E-state index >= 15 is 0 Å². The van der Waals surface area contributed by atoms with Crippen LogP contribution in [0.5, 0.6) is 0 Å². The van der Waals surface area contributed by atoms with Crippen molar-refractivity contribution in [2.24, 2.45) is 23.7 Å². The Balaban J connectivity index is 1.72. The monoisotopic (exact) mass is 282 g/mol. The van der Waals surface area contributed by atoms with Crippen molar-refractivity contribution < 1.29 is 9.47 Å². The average molecular weight is 282 g/mol. The number of hydrogen-bond donors (Lipinski definition) is 0. The third-order valence-electron chi connectivity index (χ3n) is 6.13. The van der Waals surface area contributed by atoms with Crippen LogP contribution < -0.4 is 0 Å². The molecule has 0 saturated heterocycles. The smallest absolute Gasteiger partial charge is 0.0605 e. The summed E-state index contributed by atoms with van der Waals surface area (Å²) in [6.07, 6.45) is 10.2. The van der Waals surface area contributed by atoms with Gasteiger partial charge in [0.15, 0.2) is 0 Å². The highest BCUT2D eigenvalue weighted by atomic mass is 16.5. The summed E-state index contributed by atoms with van der Waals surface area (Å²) in [5, 5.41) is 0. The van der Waals surface area contributed by atoms with Gasteiger partial charge >= 0.3 is 0 Å². The molecule has 2 fully saturated rings. The van der Waals surface area contributed by atoms with Crippen LogP contribution in [-0.4, -0.2) is 25.9 Å². The van der Waals surface area contributed by atoms with Crippen LogP contribution in [-0.2, 0) is 9.47 Å². The molecular weight excluding hydrogens is 248 g/mol. The molecular formula is C18H34O2. The van der Waals surface area contributed by atoms with E-state index in [0.717, 1.165) is 24.9 Å². The molecule has 0 aromatic carbocycles. The summed E-state index contributed by atoms with van der Waals surface area (Å²) in [4.78, 5) is 0. The second-order valence-corrected chi connectivity index (χ2v) is 7.24. The zero-order valence-corrected chi connectivity index (χ0v) is 13.9. The van der Waals surface area contributed by atoms with E-state index in [0.29, 0.717) is 24.0 Å². The third-order valence-corrected chi connectivity index (χ3v) is 6.13. The summed E-state index contributed by atoms with van der Waals surface area (Å²) < 4.78 is 11.9. The first-order valence-electron chi connectivity index (χ1n) is 8.80. The maximum absolute atomic E-state index is 6.31. The molecule has 4 atom stereocenters. The van der Waals surface area contributed by atoms with Gasteiger partial charge in [-0.2, -0.15) is 0 Å². The fourth-order valence-electron chi connectivity index (χ4n) is 4.17. The molecule has 20 heavy (non-hydrogen) atoms. The quantitative estimate of drug-likeness (QED) is 0.729. The Kier molecular flexibility index (Phi) is 6.35. The zero-order valence-electron chi connectivity index (χ0n) is 13.9. The molecule has 0 aromatic rings. The summed E-state index contributed by atoms with van der Waals surface area (Å²) in [6, 6.07) is 0. The summed E-state index contributed by atoms with van der Waals surface area (Å²) in [6.45, 7) is 7.99. The Morgan fingerprint density at radius 2 is 1.35 bits per heavy atom. The Hall–Kier alpha value is -0.0800.